The molecule has 1 saturated heterocycles. The first-order chi connectivity index (χ1) is 11.0. The van der Waals surface area contributed by atoms with E-state index in [1.807, 2.05) is 31.2 Å². The van der Waals surface area contributed by atoms with E-state index in [-0.39, 0.29) is 18.2 Å². The van der Waals surface area contributed by atoms with Crippen molar-refractivity contribution < 1.29 is 17.9 Å². The summed E-state index contributed by atoms with van der Waals surface area (Å²) < 4.78 is 30.1. The van der Waals surface area contributed by atoms with Crippen molar-refractivity contribution in [1.29, 1.82) is 0 Å². The molecule has 0 spiro atoms. The predicted molar refractivity (Wildman–Crippen MR) is 88.9 cm³/mol. The molecule has 0 bridgehead atoms. The summed E-state index contributed by atoms with van der Waals surface area (Å²) in [4.78, 5) is 11.7. The van der Waals surface area contributed by atoms with E-state index in [1.54, 1.807) is 0 Å². The summed E-state index contributed by atoms with van der Waals surface area (Å²) in [6.45, 7) is 3.53. The smallest absolute Gasteiger partial charge is 0.235 e. The van der Waals surface area contributed by atoms with Gasteiger partial charge in [-0.1, -0.05) is 17.7 Å². The minimum absolute atomic E-state index is 0.0673. The van der Waals surface area contributed by atoms with E-state index in [2.05, 4.69) is 5.32 Å². The molecule has 0 saturated carbocycles. The number of nitrogens with zero attached hydrogens (tertiary/aromatic N) is 1. The number of amides is 1. The molecule has 0 radical (unpaired) electrons. The Bertz CT molecular complexity index is 613. The highest BCUT2D eigenvalue weighted by atomic mass is 32.2. The van der Waals surface area contributed by atoms with E-state index in [4.69, 9.17) is 4.74 Å². The third kappa shape index (κ3) is 5.84. The Labute approximate surface area is 137 Å². The molecule has 1 aromatic carbocycles. The Morgan fingerprint density at radius 2 is 2.00 bits per heavy atom. The van der Waals surface area contributed by atoms with Crippen LogP contribution in [0.2, 0.25) is 0 Å². The van der Waals surface area contributed by atoms with Crippen molar-refractivity contribution >= 4 is 15.9 Å². The first-order valence-corrected chi connectivity index (χ1v) is 9.52. The van der Waals surface area contributed by atoms with Gasteiger partial charge in [0.1, 0.15) is 5.75 Å². The van der Waals surface area contributed by atoms with Crippen molar-refractivity contribution in [1.82, 2.24) is 9.62 Å². The van der Waals surface area contributed by atoms with Gasteiger partial charge in [0.05, 0.1) is 18.9 Å². The second-order valence-corrected chi connectivity index (χ2v) is 7.81. The zero-order valence-corrected chi connectivity index (χ0v) is 14.3. The van der Waals surface area contributed by atoms with Crippen LogP contribution < -0.4 is 10.1 Å². The van der Waals surface area contributed by atoms with E-state index in [9.17, 15) is 13.2 Å². The van der Waals surface area contributed by atoms with Crippen LogP contribution in [-0.4, -0.2) is 50.6 Å². The van der Waals surface area contributed by atoms with Gasteiger partial charge in [0.2, 0.25) is 15.9 Å². The Kier molecular flexibility index (Phi) is 6.41. The summed E-state index contributed by atoms with van der Waals surface area (Å²) in [5.41, 5.74) is 1.19. The van der Waals surface area contributed by atoms with Crippen LogP contribution in [0, 0.1) is 6.92 Å². The average Bonchev–Trinajstić information content (AvgIpc) is 2.83. The van der Waals surface area contributed by atoms with Crippen LogP contribution in [0.3, 0.4) is 0 Å². The Balaban J connectivity index is 1.55. The monoisotopic (exact) mass is 340 g/mol. The van der Waals surface area contributed by atoms with Gasteiger partial charge in [-0.15, -0.1) is 0 Å². The molecule has 1 N–H and O–H groups in total. The highest BCUT2D eigenvalue weighted by Gasteiger charge is 2.29. The maximum absolute atomic E-state index is 11.7. The van der Waals surface area contributed by atoms with E-state index < -0.39 is 10.0 Å². The van der Waals surface area contributed by atoms with Crippen molar-refractivity contribution in [2.45, 2.75) is 26.2 Å². The zero-order chi connectivity index (χ0) is 16.7. The third-order valence-electron chi connectivity index (χ3n) is 3.71. The first-order valence-electron chi connectivity index (χ1n) is 7.91. The van der Waals surface area contributed by atoms with Gasteiger partial charge in [-0.25, -0.2) is 8.42 Å². The molecule has 0 aliphatic carbocycles. The fourth-order valence-electron chi connectivity index (χ4n) is 2.36. The first kappa shape index (κ1) is 17.7. The van der Waals surface area contributed by atoms with Crippen molar-refractivity contribution in [2.75, 3.05) is 32.0 Å². The summed E-state index contributed by atoms with van der Waals surface area (Å²) in [7, 11) is -3.20. The molecule has 1 fully saturated rings. The molecule has 0 atom stereocenters. The van der Waals surface area contributed by atoms with Crippen LogP contribution in [0.4, 0.5) is 0 Å². The van der Waals surface area contributed by atoms with Gasteiger partial charge in [0, 0.05) is 13.1 Å². The number of hydrogen-bond donors (Lipinski definition) is 1. The van der Waals surface area contributed by atoms with Crippen molar-refractivity contribution in [3.05, 3.63) is 29.8 Å². The molecule has 1 aromatic rings. The Morgan fingerprint density at radius 1 is 1.26 bits per heavy atom. The number of nitrogens with one attached hydrogen (secondary N) is 1. The number of sulfonamides is 1. The van der Waals surface area contributed by atoms with Crippen molar-refractivity contribution in [3.63, 3.8) is 0 Å². The van der Waals surface area contributed by atoms with E-state index >= 15 is 0 Å². The van der Waals surface area contributed by atoms with Gasteiger partial charge >= 0.3 is 0 Å². The lowest BCUT2D eigenvalue weighted by atomic mass is 10.2. The van der Waals surface area contributed by atoms with E-state index in [1.165, 1.54) is 9.87 Å². The van der Waals surface area contributed by atoms with Gasteiger partial charge in [0.15, 0.2) is 0 Å². The molecule has 1 amide bonds. The second kappa shape index (κ2) is 8.31. The summed E-state index contributed by atoms with van der Waals surface area (Å²) >= 11 is 0. The fraction of sp³-hybridized carbons (Fsp3) is 0.562. The summed E-state index contributed by atoms with van der Waals surface area (Å²) in [6.07, 6.45) is 2.23. The highest BCUT2D eigenvalue weighted by Crippen LogP contribution is 2.12. The number of benzene rings is 1. The van der Waals surface area contributed by atoms with E-state index in [0.29, 0.717) is 26.1 Å². The predicted octanol–water partition coefficient (Wildman–Crippen LogP) is 1.31. The molecule has 1 aliphatic heterocycles. The van der Waals surface area contributed by atoms with Crippen LogP contribution in [0.15, 0.2) is 24.3 Å². The molecular weight excluding hydrogens is 316 g/mol. The number of carbonyl (C=O) groups excluding carboxylic acids is 1. The Morgan fingerprint density at radius 3 is 2.65 bits per heavy atom. The minimum atomic E-state index is -3.20. The number of carbonyl (C=O) groups is 1. The van der Waals surface area contributed by atoms with Crippen LogP contribution in [0.1, 0.15) is 24.8 Å². The lowest BCUT2D eigenvalue weighted by Gasteiger charge is -2.13. The zero-order valence-electron chi connectivity index (χ0n) is 13.5. The lowest BCUT2D eigenvalue weighted by molar-refractivity contribution is -0.121. The van der Waals surface area contributed by atoms with E-state index in [0.717, 1.165) is 18.6 Å². The molecule has 1 heterocycles. The minimum Gasteiger partial charge on any atom is -0.494 e. The van der Waals surface area contributed by atoms with Crippen LogP contribution in [0.5, 0.6) is 5.75 Å². The van der Waals surface area contributed by atoms with Crippen molar-refractivity contribution in [3.8, 4) is 5.75 Å². The summed E-state index contributed by atoms with van der Waals surface area (Å²) in [5.74, 6) is 0.755. The second-order valence-electron chi connectivity index (χ2n) is 5.72. The average molecular weight is 340 g/mol. The summed E-state index contributed by atoms with van der Waals surface area (Å²) in [6, 6.07) is 7.88. The largest absolute Gasteiger partial charge is 0.494 e. The van der Waals surface area contributed by atoms with Gasteiger partial charge in [-0.3, -0.25) is 4.79 Å². The molecule has 1 aliphatic rings. The number of unbranched alkanes of at least 4 members (excludes halogenated alkanes) is 1. The van der Waals surface area contributed by atoms with Crippen LogP contribution in [0.25, 0.3) is 0 Å². The fourth-order valence-corrected chi connectivity index (χ4v) is 3.84. The summed E-state index contributed by atoms with van der Waals surface area (Å²) in [5, 5.41) is 2.75. The third-order valence-corrected chi connectivity index (χ3v) is 5.61. The van der Waals surface area contributed by atoms with Gasteiger partial charge in [-0.2, -0.15) is 4.31 Å². The van der Waals surface area contributed by atoms with Gasteiger partial charge in [0.25, 0.3) is 0 Å². The molecule has 0 unspecified atom stereocenters. The van der Waals surface area contributed by atoms with Gasteiger partial charge in [-0.05, 0) is 38.3 Å². The molecule has 6 nitrogen and oxygen atoms in total. The topological polar surface area (TPSA) is 75.7 Å². The van der Waals surface area contributed by atoms with Crippen LogP contribution >= 0.6 is 0 Å². The Hall–Kier alpha value is -1.60. The normalized spacial score (nSPS) is 17.1. The SMILES string of the molecule is Cc1ccc(OCCCCNC(=O)CN2CCCS2(=O)=O)cc1. The highest BCUT2D eigenvalue weighted by molar-refractivity contribution is 7.89. The molecule has 7 heteroatoms. The quantitative estimate of drug-likeness (QED) is 0.724. The molecule has 23 heavy (non-hydrogen) atoms. The maximum Gasteiger partial charge on any atom is 0.235 e. The number of aryl methyl sites for hydroxylation is 1. The molecule has 0 aromatic heterocycles. The van der Waals surface area contributed by atoms with Gasteiger partial charge < -0.3 is 10.1 Å². The molecule has 2 rings (SSSR count). The maximum atomic E-state index is 11.7. The number of ether oxygens (including phenoxy) is 1. The van der Waals surface area contributed by atoms with Crippen LogP contribution in [-0.2, 0) is 14.8 Å². The molecular formula is C16H24N2O4S. The number of hydrogen-bond acceptors (Lipinski definition) is 4. The lowest BCUT2D eigenvalue weighted by Crippen LogP contribution is -2.38. The number of rotatable bonds is 8. The molecule has 128 valence electrons. The standard InChI is InChI=1S/C16H24N2O4S/c1-14-5-7-15(8-6-14)22-11-3-2-9-17-16(19)13-18-10-4-12-23(18,20)21/h5-8H,2-4,9-13H2,1H3,(H,17,19). The van der Waals surface area contributed by atoms with Crippen molar-refractivity contribution in [2.24, 2.45) is 0 Å².